The molecule has 32 heavy (non-hydrogen) atoms. The summed E-state index contributed by atoms with van der Waals surface area (Å²) in [6, 6.07) is 9.45. The monoisotopic (exact) mass is 513 g/mol. The average Bonchev–Trinajstić information content (AvgIpc) is 3.07. The number of carbonyl (C=O) groups is 1. The molecule has 0 unspecified atom stereocenters. The van der Waals surface area contributed by atoms with Crippen molar-refractivity contribution >= 4 is 65.8 Å². The molecule has 1 heterocycles. The Morgan fingerprint density at radius 3 is 2.31 bits per heavy atom. The van der Waals surface area contributed by atoms with Crippen molar-refractivity contribution in [2.24, 2.45) is 11.8 Å². The third-order valence-electron chi connectivity index (χ3n) is 4.53. The van der Waals surface area contributed by atoms with Gasteiger partial charge in [0.2, 0.25) is 10.0 Å². The molecule has 0 atom stereocenters. The molecule has 0 aliphatic rings. The number of nitrogens with zero attached hydrogens (tertiary/aromatic N) is 2. The summed E-state index contributed by atoms with van der Waals surface area (Å²) >= 11 is 13.2. The van der Waals surface area contributed by atoms with Crippen LogP contribution < -0.4 is 5.32 Å². The van der Waals surface area contributed by atoms with Crippen LogP contribution in [0, 0.1) is 11.8 Å². The van der Waals surface area contributed by atoms with Gasteiger partial charge in [-0.15, -0.1) is 0 Å². The quantitative estimate of drug-likeness (QED) is 0.391. The molecule has 3 rings (SSSR count). The molecule has 0 fully saturated rings. The number of benzene rings is 2. The molecule has 172 valence electrons. The van der Waals surface area contributed by atoms with Crippen LogP contribution in [0.2, 0.25) is 10.0 Å². The summed E-state index contributed by atoms with van der Waals surface area (Å²) in [7, 11) is -3.65. The Kier molecular flexibility index (Phi) is 7.83. The lowest BCUT2D eigenvalue weighted by Crippen LogP contribution is -2.37. The van der Waals surface area contributed by atoms with Crippen LogP contribution in [-0.2, 0) is 10.0 Å². The average molecular weight is 515 g/mol. The van der Waals surface area contributed by atoms with Gasteiger partial charge in [-0.25, -0.2) is 13.4 Å². The highest BCUT2D eigenvalue weighted by Gasteiger charge is 2.26. The minimum absolute atomic E-state index is 0.206. The summed E-state index contributed by atoms with van der Waals surface area (Å²) < 4.78 is 28.8. The molecular weight excluding hydrogens is 489 g/mol. The Balaban J connectivity index is 1.88. The highest BCUT2D eigenvalue weighted by Crippen LogP contribution is 2.30. The van der Waals surface area contributed by atoms with E-state index in [0.717, 1.165) is 0 Å². The molecule has 0 bridgehead atoms. The van der Waals surface area contributed by atoms with Crippen molar-refractivity contribution in [1.82, 2.24) is 9.29 Å². The molecule has 1 N–H and O–H groups in total. The van der Waals surface area contributed by atoms with Crippen LogP contribution >= 0.6 is 34.5 Å². The van der Waals surface area contributed by atoms with E-state index in [1.807, 2.05) is 27.7 Å². The fourth-order valence-electron chi connectivity index (χ4n) is 3.19. The van der Waals surface area contributed by atoms with E-state index in [0.29, 0.717) is 33.5 Å². The van der Waals surface area contributed by atoms with Gasteiger partial charge < -0.3 is 0 Å². The van der Waals surface area contributed by atoms with Crippen molar-refractivity contribution in [2.75, 3.05) is 18.4 Å². The number of nitrogens with one attached hydrogen (secondary N) is 1. The van der Waals surface area contributed by atoms with Crippen LogP contribution in [0.15, 0.2) is 41.3 Å². The zero-order valence-electron chi connectivity index (χ0n) is 18.2. The summed E-state index contributed by atoms with van der Waals surface area (Å²) in [4.78, 5) is 17.2. The predicted molar refractivity (Wildman–Crippen MR) is 132 cm³/mol. The van der Waals surface area contributed by atoms with E-state index in [1.54, 1.807) is 24.3 Å². The van der Waals surface area contributed by atoms with Gasteiger partial charge in [0.05, 0.1) is 25.7 Å². The highest BCUT2D eigenvalue weighted by molar-refractivity contribution is 7.89. The molecule has 0 aliphatic carbocycles. The molecular formula is C22H25Cl2N3O3S2. The molecule has 1 aromatic heterocycles. The summed E-state index contributed by atoms with van der Waals surface area (Å²) in [6.07, 6.45) is 0. The number of hydrogen-bond donors (Lipinski definition) is 1. The second kappa shape index (κ2) is 10.1. The molecule has 0 saturated carbocycles. The van der Waals surface area contributed by atoms with Gasteiger partial charge in [0.25, 0.3) is 5.91 Å². The van der Waals surface area contributed by atoms with Crippen LogP contribution in [0.5, 0.6) is 0 Å². The minimum atomic E-state index is -3.65. The normalized spacial score (nSPS) is 12.3. The van der Waals surface area contributed by atoms with Crippen LogP contribution in [0.25, 0.3) is 10.2 Å². The van der Waals surface area contributed by atoms with E-state index in [2.05, 4.69) is 10.3 Å². The number of sulfonamides is 1. The van der Waals surface area contributed by atoms with Crippen molar-refractivity contribution in [1.29, 1.82) is 0 Å². The number of thiazole rings is 1. The molecule has 1 amide bonds. The van der Waals surface area contributed by atoms with Gasteiger partial charge >= 0.3 is 0 Å². The van der Waals surface area contributed by atoms with Crippen molar-refractivity contribution in [3.63, 3.8) is 0 Å². The van der Waals surface area contributed by atoms with Gasteiger partial charge in [-0.3, -0.25) is 10.1 Å². The smallest absolute Gasteiger partial charge is 0.258 e. The van der Waals surface area contributed by atoms with E-state index in [4.69, 9.17) is 23.2 Å². The Bertz CT molecular complexity index is 1230. The Labute approximate surface area is 202 Å². The lowest BCUT2D eigenvalue weighted by molar-refractivity contribution is 0.102. The molecule has 10 heteroatoms. The van der Waals surface area contributed by atoms with Crippen molar-refractivity contribution in [3.8, 4) is 0 Å². The predicted octanol–water partition coefficient (Wildman–Crippen LogP) is 6.16. The van der Waals surface area contributed by atoms with Gasteiger partial charge in [0, 0.05) is 18.1 Å². The van der Waals surface area contributed by atoms with Crippen LogP contribution in [0.3, 0.4) is 0 Å². The maximum Gasteiger partial charge on any atom is 0.258 e. The molecule has 0 aliphatic heterocycles. The second-order valence-corrected chi connectivity index (χ2v) is 12.1. The van der Waals surface area contributed by atoms with Crippen molar-refractivity contribution < 1.29 is 13.2 Å². The fraction of sp³-hybridized carbons (Fsp3) is 0.364. The zero-order chi connectivity index (χ0) is 23.6. The van der Waals surface area contributed by atoms with Gasteiger partial charge in [-0.1, -0.05) is 62.2 Å². The zero-order valence-corrected chi connectivity index (χ0v) is 21.4. The number of aromatic nitrogens is 1. The van der Waals surface area contributed by atoms with Gasteiger partial charge in [-0.2, -0.15) is 4.31 Å². The van der Waals surface area contributed by atoms with Gasteiger partial charge in [-0.05, 0) is 48.2 Å². The molecule has 3 aromatic rings. The third-order valence-corrected chi connectivity index (χ3v) is 7.84. The first-order chi connectivity index (χ1) is 15.0. The van der Waals surface area contributed by atoms with E-state index in [9.17, 15) is 13.2 Å². The number of rotatable bonds is 8. The van der Waals surface area contributed by atoms with Crippen molar-refractivity contribution in [2.45, 2.75) is 32.6 Å². The SMILES string of the molecule is CC(C)CN(CC(C)C)S(=O)(=O)c1ccc2nc(NC(=O)c3ccc(Cl)cc3Cl)sc2c1. The Hall–Kier alpha value is -1.71. The Morgan fingerprint density at radius 1 is 1.06 bits per heavy atom. The molecule has 0 spiro atoms. The highest BCUT2D eigenvalue weighted by atomic mass is 35.5. The van der Waals surface area contributed by atoms with E-state index in [-0.39, 0.29) is 27.3 Å². The standard InChI is InChI=1S/C22H25Cl2N3O3S2/c1-13(2)11-27(12-14(3)4)32(29,30)16-6-8-19-20(10-16)31-22(25-19)26-21(28)17-7-5-15(23)9-18(17)24/h5-10,13-14H,11-12H2,1-4H3,(H,25,26,28). The van der Waals surface area contributed by atoms with Crippen LogP contribution in [0.4, 0.5) is 5.13 Å². The number of hydrogen-bond acceptors (Lipinski definition) is 5. The first-order valence-electron chi connectivity index (χ1n) is 10.1. The lowest BCUT2D eigenvalue weighted by atomic mass is 10.2. The summed E-state index contributed by atoms with van der Waals surface area (Å²) in [5.74, 6) is -0.00653. The van der Waals surface area contributed by atoms with Crippen molar-refractivity contribution in [3.05, 3.63) is 52.0 Å². The summed E-state index contributed by atoms with van der Waals surface area (Å²) in [5.41, 5.74) is 0.877. The second-order valence-electron chi connectivity index (χ2n) is 8.34. The molecule has 0 radical (unpaired) electrons. The topological polar surface area (TPSA) is 79.4 Å². The van der Waals surface area contributed by atoms with E-state index in [1.165, 1.54) is 27.8 Å². The first-order valence-corrected chi connectivity index (χ1v) is 13.2. The molecule has 0 saturated heterocycles. The largest absolute Gasteiger partial charge is 0.298 e. The number of fused-ring (bicyclic) bond motifs is 1. The fourth-order valence-corrected chi connectivity index (χ4v) is 6.45. The third kappa shape index (κ3) is 5.80. The number of anilines is 1. The summed E-state index contributed by atoms with van der Waals surface area (Å²) in [6.45, 7) is 8.89. The molecule has 2 aromatic carbocycles. The van der Waals surface area contributed by atoms with Crippen LogP contribution in [0.1, 0.15) is 38.1 Å². The van der Waals surface area contributed by atoms with Crippen LogP contribution in [-0.4, -0.2) is 36.7 Å². The number of amides is 1. The maximum atomic E-state index is 13.3. The number of carbonyl (C=O) groups excluding carboxylic acids is 1. The van der Waals surface area contributed by atoms with Gasteiger partial charge in [0.1, 0.15) is 0 Å². The lowest BCUT2D eigenvalue weighted by Gasteiger charge is -2.25. The van der Waals surface area contributed by atoms with Gasteiger partial charge in [0.15, 0.2) is 5.13 Å². The maximum absolute atomic E-state index is 13.3. The minimum Gasteiger partial charge on any atom is -0.298 e. The molecule has 6 nitrogen and oxygen atoms in total. The Morgan fingerprint density at radius 2 is 1.72 bits per heavy atom. The van der Waals surface area contributed by atoms with E-state index >= 15 is 0 Å². The summed E-state index contributed by atoms with van der Waals surface area (Å²) in [5, 5.41) is 3.75. The van der Waals surface area contributed by atoms with E-state index < -0.39 is 15.9 Å². The first kappa shape index (κ1) is 24.9. The number of halogens is 2.